The average Bonchev–Trinajstić information content (AvgIpc) is 2.34. The Bertz CT molecular complexity index is 552. The second-order valence-electron chi connectivity index (χ2n) is 2.98. The zero-order valence-electron chi connectivity index (χ0n) is 8.48. The summed E-state index contributed by atoms with van der Waals surface area (Å²) < 4.78 is 26.0. The lowest BCUT2D eigenvalue weighted by Crippen LogP contribution is -2.13. The van der Waals surface area contributed by atoms with Gasteiger partial charge < -0.3 is 0 Å². The van der Waals surface area contributed by atoms with Crippen LogP contribution in [-0.2, 0) is 0 Å². The maximum Gasteiger partial charge on any atom is 0.187 e. The van der Waals surface area contributed by atoms with Crippen LogP contribution in [0.2, 0.25) is 0 Å². The number of nitrogens with one attached hydrogen (secondary N) is 1. The van der Waals surface area contributed by atoms with Crippen molar-refractivity contribution in [3.63, 3.8) is 0 Å². The van der Waals surface area contributed by atoms with Crippen LogP contribution in [0.5, 0.6) is 0 Å². The molecule has 1 atom stereocenters. The van der Waals surface area contributed by atoms with Crippen LogP contribution >= 0.6 is 0 Å². The molecule has 0 radical (unpaired) electrons. The zero-order valence-corrected chi connectivity index (χ0v) is 8.48. The first-order valence-electron chi connectivity index (χ1n) is 4.45. The smallest absolute Gasteiger partial charge is 0.187 e. The molecule has 0 saturated heterocycles. The number of benzene rings is 1. The third-order valence-corrected chi connectivity index (χ3v) is 1.86. The van der Waals surface area contributed by atoms with Crippen LogP contribution in [0.15, 0.2) is 23.2 Å². The van der Waals surface area contributed by atoms with Gasteiger partial charge in [0.25, 0.3) is 0 Å². The second kappa shape index (κ2) is 5.47. The van der Waals surface area contributed by atoms with E-state index in [-0.39, 0.29) is 5.56 Å². The van der Waals surface area contributed by atoms with E-state index in [1.54, 1.807) is 6.07 Å². The topological polar surface area (TPSA) is 83.8 Å². The summed E-state index contributed by atoms with van der Waals surface area (Å²) in [5, 5.41) is 24.1. The van der Waals surface area contributed by atoms with Gasteiger partial charge in [0.05, 0.1) is 6.07 Å². The molecule has 0 spiro atoms. The molecule has 0 fully saturated rings. The summed E-state index contributed by atoms with van der Waals surface area (Å²) >= 11 is 0. The predicted molar refractivity (Wildman–Crippen MR) is 56.7 cm³/mol. The summed E-state index contributed by atoms with van der Waals surface area (Å²) in [5.41, 5.74) is -0.698. The van der Waals surface area contributed by atoms with Crippen molar-refractivity contribution in [1.29, 1.82) is 15.9 Å². The van der Waals surface area contributed by atoms with Crippen LogP contribution < -0.4 is 0 Å². The van der Waals surface area contributed by atoms with E-state index in [1.165, 1.54) is 18.2 Å². The number of nitrogens with zero attached hydrogens (tertiary/aromatic N) is 3. The van der Waals surface area contributed by atoms with Crippen LogP contribution in [0.25, 0.3) is 0 Å². The van der Waals surface area contributed by atoms with Gasteiger partial charge in [-0.3, -0.25) is 10.4 Å². The molecule has 0 amide bonds. The van der Waals surface area contributed by atoms with Crippen LogP contribution in [0.4, 0.5) is 8.78 Å². The number of hydrogen-bond donors (Lipinski definition) is 1. The number of hydrogen-bond acceptors (Lipinski definition) is 4. The normalized spacial score (nSPS) is 11.8. The highest BCUT2D eigenvalue weighted by atomic mass is 19.2. The fraction of sp³-hybridized carbons (Fsp3) is 0.0909. The van der Waals surface area contributed by atoms with E-state index in [1.807, 2.05) is 0 Å². The zero-order chi connectivity index (χ0) is 12.8. The third-order valence-electron chi connectivity index (χ3n) is 1.86. The molecule has 17 heavy (non-hydrogen) atoms. The molecule has 6 heteroatoms. The van der Waals surface area contributed by atoms with Gasteiger partial charge in [-0.1, -0.05) is 12.1 Å². The van der Waals surface area contributed by atoms with Crippen molar-refractivity contribution in [1.82, 2.24) is 0 Å². The van der Waals surface area contributed by atoms with Gasteiger partial charge in [-0.25, -0.2) is 8.78 Å². The summed E-state index contributed by atoms with van der Waals surface area (Å²) in [5.74, 6) is -2.12. The van der Waals surface area contributed by atoms with Crippen molar-refractivity contribution in [2.45, 2.75) is 6.04 Å². The molecule has 1 aromatic rings. The third kappa shape index (κ3) is 2.93. The van der Waals surface area contributed by atoms with Crippen molar-refractivity contribution in [3.8, 4) is 12.1 Å². The fourth-order valence-electron chi connectivity index (χ4n) is 1.01. The molecule has 0 aromatic heterocycles. The van der Waals surface area contributed by atoms with Crippen molar-refractivity contribution in [3.05, 3.63) is 35.4 Å². The molecule has 0 heterocycles. The molecule has 1 N–H and O–H groups in total. The Morgan fingerprint density at radius 1 is 1.41 bits per heavy atom. The largest absolute Gasteiger partial charge is 0.291 e. The van der Waals surface area contributed by atoms with Gasteiger partial charge in [0.15, 0.2) is 17.7 Å². The Kier molecular flexibility index (Phi) is 4.02. The second-order valence-corrected chi connectivity index (χ2v) is 2.98. The lowest BCUT2D eigenvalue weighted by atomic mass is 10.2. The van der Waals surface area contributed by atoms with Gasteiger partial charge in [-0.05, 0) is 6.07 Å². The van der Waals surface area contributed by atoms with Gasteiger partial charge in [0, 0.05) is 11.8 Å². The minimum absolute atomic E-state index is 0.143. The molecule has 0 aliphatic heterocycles. The highest BCUT2D eigenvalue weighted by Crippen LogP contribution is 2.09. The van der Waals surface area contributed by atoms with Crippen LogP contribution in [0.3, 0.4) is 0 Å². The van der Waals surface area contributed by atoms with E-state index >= 15 is 0 Å². The van der Waals surface area contributed by atoms with E-state index in [4.69, 9.17) is 15.9 Å². The van der Waals surface area contributed by atoms with Crippen LogP contribution in [-0.4, -0.2) is 18.0 Å². The minimum Gasteiger partial charge on any atom is -0.291 e. The molecule has 84 valence electrons. The summed E-state index contributed by atoms with van der Waals surface area (Å²) in [4.78, 5) is 3.55. The van der Waals surface area contributed by atoms with Crippen molar-refractivity contribution < 1.29 is 8.78 Å². The average molecular weight is 232 g/mol. The van der Waals surface area contributed by atoms with Gasteiger partial charge >= 0.3 is 0 Å². The SMILES string of the molecule is N#CC(=N)C(C#N)N=Cc1cccc(F)c1F. The Labute approximate surface area is 96.0 Å². The first kappa shape index (κ1) is 12.5. The van der Waals surface area contributed by atoms with Gasteiger partial charge in [-0.2, -0.15) is 10.5 Å². The quantitative estimate of drug-likeness (QED) is 0.806. The van der Waals surface area contributed by atoms with Crippen LogP contribution in [0, 0.1) is 39.7 Å². The molecule has 4 nitrogen and oxygen atoms in total. The standard InChI is InChI=1S/C11H6F2N4/c12-8-3-1-2-7(11(8)13)6-17-10(5-15)9(16)4-14/h1-3,6,10,16H. The lowest BCUT2D eigenvalue weighted by molar-refractivity contribution is 0.507. The predicted octanol–water partition coefficient (Wildman–Crippen LogP) is 1.82. The van der Waals surface area contributed by atoms with Gasteiger partial charge in [0.1, 0.15) is 11.8 Å². The summed E-state index contributed by atoms with van der Waals surface area (Å²) in [6.07, 6.45) is 0.929. The highest BCUT2D eigenvalue weighted by Gasteiger charge is 2.11. The van der Waals surface area contributed by atoms with Gasteiger partial charge in [0.2, 0.25) is 0 Å². The lowest BCUT2D eigenvalue weighted by Gasteiger charge is -1.99. The molecular formula is C11H6F2N4. The highest BCUT2D eigenvalue weighted by molar-refractivity contribution is 6.03. The molecule has 0 aliphatic rings. The first-order chi connectivity index (χ1) is 8.10. The van der Waals surface area contributed by atoms with Gasteiger partial charge in [-0.15, -0.1) is 0 Å². The Hall–Kier alpha value is -2.60. The van der Waals surface area contributed by atoms with Crippen LogP contribution in [0.1, 0.15) is 5.56 Å². The molecule has 0 saturated carbocycles. The van der Waals surface area contributed by atoms with E-state index in [2.05, 4.69) is 4.99 Å². The molecule has 1 rings (SSSR count). The monoisotopic (exact) mass is 232 g/mol. The molecular weight excluding hydrogens is 226 g/mol. The number of aliphatic imine (C=N–C) groups is 1. The van der Waals surface area contributed by atoms with E-state index in [0.29, 0.717) is 0 Å². The van der Waals surface area contributed by atoms with Crippen molar-refractivity contribution in [2.75, 3.05) is 0 Å². The van der Waals surface area contributed by atoms with E-state index < -0.39 is 23.4 Å². The van der Waals surface area contributed by atoms with Crippen molar-refractivity contribution >= 4 is 11.9 Å². The molecule has 0 aliphatic carbocycles. The van der Waals surface area contributed by atoms with E-state index in [0.717, 1.165) is 12.3 Å². The molecule has 0 bridgehead atoms. The Morgan fingerprint density at radius 2 is 2.12 bits per heavy atom. The molecule has 1 unspecified atom stereocenters. The Morgan fingerprint density at radius 3 is 2.71 bits per heavy atom. The number of nitriles is 2. The molecule has 1 aromatic carbocycles. The van der Waals surface area contributed by atoms with Crippen molar-refractivity contribution in [2.24, 2.45) is 4.99 Å². The Balaban J connectivity index is 2.99. The summed E-state index contributed by atoms with van der Waals surface area (Å²) in [6, 6.07) is 5.26. The fourth-order valence-corrected chi connectivity index (χ4v) is 1.01. The minimum atomic E-state index is -1.30. The summed E-state index contributed by atoms with van der Waals surface area (Å²) in [6.45, 7) is 0. The van der Waals surface area contributed by atoms with E-state index in [9.17, 15) is 8.78 Å². The summed E-state index contributed by atoms with van der Waals surface area (Å²) in [7, 11) is 0. The number of halogens is 2. The first-order valence-corrected chi connectivity index (χ1v) is 4.45. The maximum atomic E-state index is 13.2. The number of rotatable bonds is 3. The maximum absolute atomic E-state index is 13.2.